The summed E-state index contributed by atoms with van der Waals surface area (Å²) in [5.74, 6) is -0.306. The van der Waals surface area contributed by atoms with Crippen molar-refractivity contribution in [2.24, 2.45) is 5.92 Å². The van der Waals surface area contributed by atoms with Gasteiger partial charge in [-0.15, -0.1) is 0 Å². The molecule has 0 bridgehead atoms. The average Bonchev–Trinajstić information content (AvgIpc) is 3.52. The predicted octanol–water partition coefficient (Wildman–Crippen LogP) is 5.66. The summed E-state index contributed by atoms with van der Waals surface area (Å²) in [7, 11) is 1.64. The Labute approximate surface area is 283 Å². The topological polar surface area (TPSA) is 139 Å². The van der Waals surface area contributed by atoms with Crippen molar-refractivity contribution in [3.8, 4) is 17.2 Å². The van der Waals surface area contributed by atoms with Crippen molar-refractivity contribution < 1.29 is 51.6 Å². The van der Waals surface area contributed by atoms with Crippen LogP contribution in [0.3, 0.4) is 0 Å². The van der Waals surface area contributed by atoms with E-state index in [1.54, 1.807) is 32.2 Å². The number of carbonyl (C=O) groups is 3. The zero-order chi connectivity index (χ0) is 35.7. The highest BCUT2D eigenvalue weighted by Gasteiger charge is 2.32. The van der Waals surface area contributed by atoms with Gasteiger partial charge >= 0.3 is 12.2 Å². The van der Waals surface area contributed by atoms with E-state index < -0.39 is 43.0 Å². The SMILES string of the molecule is C[C@@H]1CCCCO[C@@H](CN(C)C(=O)Nc2ccc3c(c2)OCO3)[C@H](C)CN([C@H](C)CO)C(=O)c2cc(NC(=O)CCC(F)(F)F)ccc2O1. The standard InChI is InChI=1S/C34H45F3N4O8/c1-21-17-41(22(2)19-42)32(44)26-15-24(38-31(43)12-13-34(35,36)37)8-10-27(26)49-23(3)7-5-6-14-46-30(21)18-40(4)33(45)39-25-9-11-28-29(16-25)48-20-47-28/h8-11,15-16,21-23,30,42H,5-7,12-14,17-20H2,1-4H3,(H,38,43)(H,39,45)/t21-,22-,23-,30+/m1/s1. The van der Waals surface area contributed by atoms with Gasteiger partial charge in [-0.05, 0) is 63.4 Å². The van der Waals surface area contributed by atoms with Crippen molar-refractivity contribution in [1.29, 1.82) is 0 Å². The number of hydrogen-bond acceptors (Lipinski definition) is 8. The van der Waals surface area contributed by atoms with Gasteiger partial charge in [0.15, 0.2) is 11.5 Å². The molecule has 0 fully saturated rings. The van der Waals surface area contributed by atoms with Crippen LogP contribution in [0, 0.1) is 5.92 Å². The molecule has 0 aromatic heterocycles. The number of alkyl halides is 3. The molecule has 15 heteroatoms. The Morgan fingerprint density at radius 3 is 2.45 bits per heavy atom. The first-order valence-corrected chi connectivity index (χ1v) is 16.4. The second-order valence-corrected chi connectivity index (χ2v) is 12.6. The minimum Gasteiger partial charge on any atom is -0.490 e. The number of amides is 4. The number of urea groups is 1. The lowest BCUT2D eigenvalue weighted by atomic mass is 10.0. The first kappa shape index (κ1) is 37.6. The van der Waals surface area contributed by atoms with Crippen LogP contribution < -0.4 is 24.8 Å². The van der Waals surface area contributed by atoms with Gasteiger partial charge in [0.2, 0.25) is 12.7 Å². The molecule has 0 aliphatic carbocycles. The summed E-state index contributed by atoms with van der Waals surface area (Å²) in [6.45, 7) is 5.91. The van der Waals surface area contributed by atoms with E-state index >= 15 is 0 Å². The first-order valence-electron chi connectivity index (χ1n) is 16.4. The van der Waals surface area contributed by atoms with Crippen LogP contribution in [0.15, 0.2) is 36.4 Å². The van der Waals surface area contributed by atoms with Crippen molar-refractivity contribution in [2.45, 2.75) is 77.3 Å². The fourth-order valence-corrected chi connectivity index (χ4v) is 5.49. The number of nitrogens with one attached hydrogen (secondary N) is 2. The molecular weight excluding hydrogens is 649 g/mol. The first-order chi connectivity index (χ1) is 23.2. The molecular formula is C34H45F3N4O8. The summed E-state index contributed by atoms with van der Waals surface area (Å²) >= 11 is 0. The molecule has 2 heterocycles. The van der Waals surface area contributed by atoms with E-state index in [2.05, 4.69) is 10.6 Å². The third-order valence-electron chi connectivity index (χ3n) is 8.40. The Balaban J connectivity index is 1.55. The smallest absolute Gasteiger partial charge is 0.389 e. The van der Waals surface area contributed by atoms with Gasteiger partial charge in [0, 0.05) is 56.5 Å². The summed E-state index contributed by atoms with van der Waals surface area (Å²) < 4.78 is 61.2. The highest BCUT2D eigenvalue weighted by Crippen LogP contribution is 2.34. The molecule has 49 heavy (non-hydrogen) atoms. The number of aliphatic hydroxyl groups excluding tert-OH is 1. The van der Waals surface area contributed by atoms with E-state index in [-0.39, 0.29) is 61.5 Å². The number of likely N-dealkylation sites (N-methyl/N-ethyl adjacent to an activating group) is 1. The normalized spacial score (nSPS) is 20.8. The molecule has 4 atom stereocenters. The summed E-state index contributed by atoms with van der Waals surface area (Å²) in [4.78, 5) is 42.7. The molecule has 2 aliphatic heterocycles. The maximum absolute atomic E-state index is 14.2. The van der Waals surface area contributed by atoms with Gasteiger partial charge in [-0.1, -0.05) is 6.92 Å². The minimum absolute atomic E-state index is 0.0859. The molecule has 12 nitrogen and oxygen atoms in total. The molecule has 0 unspecified atom stereocenters. The number of aliphatic hydroxyl groups is 1. The van der Waals surface area contributed by atoms with Gasteiger partial charge in [-0.3, -0.25) is 9.59 Å². The number of fused-ring (bicyclic) bond motifs is 2. The van der Waals surface area contributed by atoms with Gasteiger partial charge in [0.1, 0.15) is 5.75 Å². The maximum Gasteiger partial charge on any atom is 0.389 e. The molecule has 270 valence electrons. The number of rotatable bonds is 8. The van der Waals surface area contributed by atoms with Crippen LogP contribution in [-0.2, 0) is 9.53 Å². The Bertz CT molecular complexity index is 1460. The molecule has 2 aliphatic rings. The molecule has 4 amide bonds. The van der Waals surface area contributed by atoms with Crippen LogP contribution in [0.5, 0.6) is 17.2 Å². The van der Waals surface area contributed by atoms with Crippen LogP contribution in [0.2, 0.25) is 0 Å². The van der Waals surface area contributed by atoms with Crippen molar-refractivity contribution >= 4 is 29.2 Å². The van der Waals surface area contributed by atoms with Crippen LogP contribution in [0.4, 0.5) is 29.3 Å². The molecule has 2 aromatic carbocycles. The number of hydrogen-bond donors (Lipinski definition) is 3. The van der Waals surface area contributed by atoms with Crippen LogP contribution in [0.25, 0.3) is 0 Å². The highest BCUT2D eigenvalue weighted by molar-refractivity contribution is 5.99. The number of nitrogens with zero attached hydrogens (tertiary/aromatic N) is 2. The van der Waals surface area contributed by atoms with Crippen LogP contribution >= 0.6 is 0 Å². The lowest BCUT2D eigenvalue weighted by Crippen LogP contribution is -2.48. The van der Waals surface area contributed by atoms with E-state index in [0.717, 1.165) is 12.8 Å². The lowest BCUT2D eigenvalue weighted by Gasteiger charge is -2.35. The third-order valence-corrected chi connectivity index (χ3v) is 8.40. The number of halogens is 3. The van der Waals surface area contributed by atoms with Crippen molar-refractivity contribution in [3.05, 3.63) is 42.0 Å². The Kier molecular flexibility index (Phi) is 13.0. The van der Waals surface area contributed by atoms with Gasteiger partial charge < -0.3 is 44.5 Å². The molecule has 0 radical (unpaired) electrons. The van der Waals surface area contributed by atoms with Crippen LogP contribution in [-0.4, -0.2) is 97.3 Å². The molecule has 4 rings (SSSR count). The summed E-state index contributed by atoms with van der Waals surface area (Å²) in [6, 6.07) is 8.44. The van der Waals surface area contributed by atoms with Gasteiger partial charge in [0.25, 0.3) is 5.91 Å². The third kappa shape index (κ3) is 10.9. The molecule has 2 aromatic rings. The molecule has 0 saturated carbocycles. The van der Waals surface area contributed by atoms with Crippen molar-refractivity contribution in [2.75, 3.05) is 50.8 Å². The predicted molar refractivity (Wildman–Crippen MR) is 175 cm³/mol. The highest BCUT2D eigenvalue weighted by atomic mass is 19.4. The Morgan fingerprint density at radius 1 is 1.04 bits per heavy atom. The fourth-order valence-electron chi connectivity index (χ4n) is 5.49. The van der Waals surface area contributed by atoms with E-state index in [1.807, 2.05) is 13.8 Å². The molecule has 0 saturated heterocycles. The number of ether oxygens (including phenoxy) is 4. The van der Waals surface area contributed by atoms with E-state index in [1.165, 1.54) is 28.0 Å². The Hall–Kier alpha value is -4.24. The zero-order valence-electron chi connectivity index (χ0n) is 28.2. The Morgan fingerprint density at radius 2 is 1.73 bits per heavy atom. The van der Waals surface area contributed by atoms with Crippen LogP contribution in [0.1, 0.15) is 63.2 Å². The minimum atomic E-state index is -4.49. The van der Waals surface area contributed by atoms with Crippen molar-refractivity contribution in [1.82, 2.24) is 9.80 Å². The summed E-state index contributed by atoms with van der Waals surface area (Å²) in [5, 5.41) is 15.4. The molecule has 0 spiro atoms. The molecule has 3 N–H and O–H groups in total. The number of benzene rings is 2. The lowest BCUT2D eigenvalue weighted by molar-refractivity contribution is -0.142. The second kappa shape index (κ2) is 16.9. The average molecular weight is 695 g/mol. The summed E-state index contributed by atoms with van der Waals surface area (Å²) in [5.41, 5.74) is 0.751. The van der Waals surface area contributed by atoms with E-state index in [0.29, 0.717) is 30.2 Å². The fraction of sp³-hybridized carbons (Fsp3) is 0.559. The van der Waals surface area contributed by atoms with E-state index in [4.69, 9.17) is 18.9 Å². The largest absolute Gasteiger partial charge is 0.490 e. The van der Waals surface area contributed by atoms with Gasteiger partial charge in [0.05, 0.1) is 36.8 Å². The number of anilines is 2. The zero-order valence-corrected chi connectivity index (χ0v) is 28.2. The quantitative estimate of drug-likeness (QED) is 0.322. The number of carbonyl (C=O) groups excluding carboxylic acids is 3. The van der Waals surface area contributed by atoms with Crippen molar-refractivity contribution in [3.63, 3.8) is 0 Å². The monoisotopic (exact) mass is 694 g/mol. The second-order valence-electron chi connectivity index (χ2n) is 12.6. The maximum atomic E-state index is 14.2. The summed E-state index contributed by atoms with van der Waals surface area (Å²) in [6.07, 6.45) is -5.21. The van der Waals surface area contributed by atoms with Gasteiger partial charge in [-0.25, -0.2) is 4.79 Å². The van der Waals surface area contributed by atoms with E-state index in [9.17, 15) is 32.7 Å². The van der Waals surface area contributed by atoms with Gasteiger partial charge in [-0.2, -0.15) is 13.2 Å².